The van der Waals surface area contributed by atoms with E-state index in [0.29, 0.717) is 12.5 Å². The van der Waals surface area contributed by atoms with Crippen molar-refractivity contribution in [3.8, 4) is 5.88 Å². The van der Waals surface area contributed by atoms with Gasteiger partial charge in [-0.2, -0.15) is 0 Å². The van der Waals surface area contributed by atoms with Crippen molar-refractivity contribution in [3.05, 3.63) is 53.2 Å². The fourth-order valence-corrected chi connectivity index (χ4v) is 2.15. The van der Waals surface area contributed by atoms with Gasteiger partial charge in [-0.05, 0) is 31.5 Å². The van der Waals surface area contributed by atoms with Crippen LogP contribution in [0.2, 0.25) is 5.02 Å². The summed E-state index contributed by atoms with van der Waals surface area (Å²) >= 11 is 6.18. The molecule has 1 atom stereocenters. The van der Waals surface area contributed by atoms with Crippen LogP contribution in [0.5, 0.6) is 5.88 Å². The van der Waals surface area contributed by atoms with E-state index in [4.69, 9.17) is 16.3 Å². The first-order valence-electron chi connectivity index (χ1n) is 6.30. The predicted molar refractivity (Wildman–Crippen MR) is 78.9 cm³/mol. The third kappa shape index (κ3) is 3.61. The number of halogens is 1. The highest BCUT2D eigenvalue weighted by Gasteiger charge is 2.08. The van der Waals surface area contributed by atoms with Crippen LogP contribution in [0.1, 0.15) is 25.5 Å². The molecule has 0 spiro atoms. The third-order valence-corrected chi connectivity index (χ3v) is 3.13. The largest absolute Gasteiger partial charge is 0.478 e. The van der Waals surface area contributed by atoms with Gasteiger partial charge in [0.2, 0.25) is 5.88 Å². The van der Waals surface area contributed by atoms with Crippen molar-refractivity contribution in [2.24, 2.45) is 0 Å². The number of hydrogen-bond acceptors (Lipinski definition) is 3. The van der Waals surface area contributed by atoms with E-state index < -0.39 is 0 Å². The minimum atomic E-state index is 0.119. The second-order valence-electron chi connectivity index (χ2n) is 4.21. The summed E-state index contributed by atoms with van der Waals surface area (Å²) in [5.41, 5.74) is 2.01. The number of rotatable bonds is 5. The summed E-state index contributed by atoms with van der Waals surface area (Å²) in [5, 5.41) is 4.13. The molecule has 0 saturated heterocycles. The van der Waals surface area contributed by atoms with E-state index in [9.17, 15) is 0 Å². The SMILES string of the molecule is CCOc1ccc(NC(C)c2ccccc2Cl)cn1. The van der Waals surface area contributed by atoms with Gasteiger partial charge in [0.1, 0.15) is 0 Å². The van der Waals surface area contributed by atoms with Crippen molar-refractivity contribution in [1.82, 2.24) is 4.98 Å². The Balaban J connectivity index is 2.06. The minimum Gasteiger partial charge on any atom is -0.478 e. The lowest BCUT2D eigenvalue weighted by molar-refractivity contribution is 0.327. The quantitative estimate of drug-likeness (QED) is 0.884. The Hall–Kier alpha value is -1.74. The van der Waals surface area contributed by atoms with Gasteiger partial charge in [0.15, 0.2) is 0 Å². The number of hydrogen-bond donors (Lipinski definition) is 1. The van der Waals surface area contributed by atoms with Gasteiger partial charge in [-0.25, -0.2) is 4.98 Å². The second-order valence-corrected chi connectivity index (χ2v) is 4.61. The van der Waals surface area contributed by atoms with E-state index in [0.717, 1.165) is 16.3 Å². The standard InChI is InChI=1S/C15H17ClN2O/c1-3-19-15-9-8-12(10-17-15)18-11(2)13-6-4-5-7-14(13)16/h4-11,18H,3H2,1-2H3. The topological polar surface area (TPSA) is 34.1 Å². The first-order valence-corrected chi connectivity index (χ1v) is 6.68. The first-order chi connectivity index (χ1) is 9.20. The van der Waals surface area contributed by atoms with Crippen LogP contribution in [0, 0.1) is 0 Å². The van der Waals surface area contributed by atoms with Gasteiger partial charge in [0, 0.05) is 11.1 Å². The van der Waals surface area contributed by atoms with Crippen LogP contribution in [0.25, 0.3) is 0 Å². The molecule has 1 heterocycles. The Bertz CT molecular complexity index is 528. The molecular formula is C15H17ClN2O. The maximum absolute atomic E-state index is 6.18. The highest BCUT2D eigenvalue weighted by atomic mass is 35.5. The lowest BCUT2D eigenvalue weighted by Gasteiger charge is -2.16. The molecular weight excluding hydrogens is 260 g/mol. The summed E-state index contributed by atoms with van der Waals surface area (Å²) in [5.74, 6) is 0.637. The van der Waals surface area contributed by atoms with Gasteiger partial charge >= 0.3 is 0 Å². The molecule has 0 bridgehead atoms. The van der Waals surface area contributed by atoms with Gasteiger partial charge in [-0.3, -0.25) is 0 Å². The Kier molecular flexibility index (Phi) is 4.63. The summed E-state index contributed by atoms with van der Waals surface area (Å²) in [6, 6.07) is 11.7. The van der Waals surface area contributed by atoms with Crippen molar-refractivity contribution < 1.29 is 4.74 Å². The van der Waals surface area contributed by atoms with Gasteiger partial charge < -0.3 is 10.1 Å². The van der Waals surface area contributed by atoms with Crippen molar-refractivity contribution in [2.75, 3.05) is 11.9 Å². The maximum Gasteiger partial charge on any atom is 0.213 e. The monoisotopic (exact) mass is 276 g/mol. The molecule has 1 aromatic heterocycles. The molecule has 19 heavy (non-hydrogen) atoms. The normalized spacial score (nSPS) is 11.9. The van der Waals surface area contributed by atoms with E-state index >= 15 is 0 Å². The lowest BCUT2D eigenvalue weighted by Crippen LogP contribution is -2.07. The fraction of sp³-hybridized carbons (Fsp3) is 0.267. The number of pyridine rings is 1. The number of anilines is 1. The van der Waals surface area contributed by atoms with Crippen LogP contribution >= 0.6 is 11.6 Å². The molecule has 1 N–H and O–H groups in total. The van der Waals surface area contributed by atoms with Crippen LogP contribution in [0.4, 0.5) is 5.69 Å². The summed E-state index contributed by atoms with van der Waals surface area (Å²) in [6.45, 7) is 4.63. The first kappa shape index (κ1) is 13.7. The smallest absolute Gasteiger partial charge is 0.213 e. The molecule has 0 aliphatic heterocycles. The molecule has 0 saturated carbocycles. The molecule has 0 fully saturated rings. The van der Waals surface area contributed by atoms with Gasteiger partial charge in [-0.15, -0.1) is 0 Å². The van der Waals surface area contributed by atoms with Gasteiger partial charge in [0.25, 0.3) is 0 Å². The molecule has 2 aromatic rings. The maximum atomic E-state index is 6.18. The van der Waals surface area contributed by atoms with E-state index in [1.165, 1.54) is 0 Å². The highest BCUT2D eigenvalue weighted by molar-refractivity contribution is 6.31. The number of ether oxygens (including phenoxy) is 1. The zero-order chi connectivity index (χ0) is 13.7. The Morgan fingerprint density at radius 3 is 2.68 bits per heavy atom. The van der Waals surface area contributed by atoms with E-state index in [2.05, 4.69) is 17.2 Å². The van der Waals surface area contributed by atoms with Crippen LogP contribution in [-0.2, 0) is 0 Å². The Labute approximate surface area is 118 Å². The van der Waals surface area contributed by atoms with Crippen molar-refractivity contribution in [2.45, 2.75) is 19.9 Å². The van der Waals surface area contributed by atoms with E-state index in [1.807, 2.05) is 43.3 Å². The molecule has 0 amide bonds. The van der Waals surface area contributed by atoms with Crippen LogP contribution in [-0.4, -0.2) is 11.6 Å². The lowest BCUT2D eigenvalue weighted by atomic mass is 10.1. The molecule has 1 aromatic carbocycles. The number of benzene rings is 1. The third-order valence-electron chi connectivity index (χ3n) is 2.78. The predicted octanol–water partition coefficient (Wildman–Crippen LogP) is 4.31. The summed E-state index contributed by atoms with van der Waals surface area (Å²) in [6.07, 6.45) is 1.76. The number of aromatic nitrogens is 1. The van der Waals surface area contributed by atoms with Crippen molar-refractivity contribution in [3.63, 3.8) is 0 Å². The van der Waals surface area contributed by atoms with Crippen LogP contribution in [0.15, 0.2) is 42.6 Å². The molecule has 0 aliphatic carbocycles. The fourth-order valence-electron chi connectivity index (χ4n) is 1.85. The Morgan fingerprint density at radius 1 is 1.26 bits per heavy atom. The molecule has 0 radical (unpaired) electrons. The second kappa shape index (κ2) is 6.43. The summed E-state index contributed by atoms with van der Waals surface area (Å²) in [7, 11) is 0. The zero-order valence-corrected chi connectivity index (χ0v) is 11.8. The summed E-state index contributed by atoms with van der Waals surface area (Å²) < 4.78 is 5.31. The van der Waals surface area contributed by atoms with Gasteiger partial charge in [0.05, 0.1) is 24.5 Å². The Morgan fingerprint density at radius 2 is 2.05 bits per heavy atom. The van der Waals surface area contributed by atoms with Crippen molar-refractivity contribution >= 4 is 17.3 Å². The zero-order valence-electron chi connectivity index (χ0n) is 11.1. The minimum absolute atomic E-state index is 0.119. The average Bonchev–Trinajstić information content (AvgIpc) is 2.42. The molecule has 100 valence electrons. The number of nitrogens with one attached hydrogen (secondary N) is 1. The summed E-state index contributed by atoms with van der Waals surface area (Å²) in [4.78, 5) is 4.22. The van der Waals surface area contributed by atoms with Crippen molar-refractivity contribution in [1.29, 1.82) is 0 Å². The molecule has 4 heteroatoms. The van der Waals surface area contributed by atoms with Crippen LogP contribution < -0.4 is 10.1 Å². The molecule has 1 unspecified atom stereocenters. The number of nitrogens with zero attached hydrogens (tertiary/aromatic N) is 1. The van der Waals surface area contributed by atoms with E-state index in [-0.39, 0.29) is 6.04 Å². The molecule has 3 nitrogen and oxygen atoms in total. The average molecular weight is 277 g/mol. The van der Waals surface area contributed by atoms with E-state index in [1.54, 1.807) is 6.20 Å². The van der Waals surface area contributed by atoms with Crippen LogP contribution in [0.3, 0.4) is 0 Å². The van der Waals surface area contributed by atoms with Gasteiger partial charge in [-0.1, -0.05) is 29.8 Å². The highest BCUT2D eigenvalue weighted by Crippen LogP contribution is 2.25. The molecule has 0 aliphatic rings. The molecule has 2 rings (SSSR count).